The lowest BCUT2D eigenvalue weighted by Gasteiger charge is -2.27. The van der Waals surface area contributed by atoms with Crippen LogP contribution in [0, 0.1) is 0 Å². The van der Waals surface area contributed by atoms with Gasteiger partial charge in [0, 0.05) is 54.5 Å². The lowest BCUT2D eigenvalue weighted by Crippen LogP contribution is -2.40. The topological polar surface area (TPSA) is 88.2 Å². The Morgan fingerprint density at radius 1 is 0.952 bits per heavy atom. The molecule has 8 nitrogen and oxygen atoms in total. The first-order chi connectivity index (χ1) is 20.3. The lowest BCUT2D eigenvalue weighted by atomic mass is 9.96. The highest BCUT2D eigenvalue weighted by Crippen LogP contribution is 2.43. The van der Waals surface area contributed by atoms with E-state index < -0.39 is 29.7 Å². The van der Waals surface area contributed by atoms with Crippen LogP contribution in [-0.2, 0) is 9.53 Å². The van der Waals surface area contributed by atoms with Gasteiger partial charge in [0.05, 0.1) is 31.1 Å². The molecule has 1 saturated heterocycles. The molecule has 0 aliphatic carbocycles. The van der Waals surface area contributed by atoms with Crippen molar-refractivity contribution in [3.05, 3.63) is 95.6 Å². The van der Waals surface area contributed by atoms with E-state index in [2.05, 4.69) is 5.32 Å². The summed E-state index contributed by atoms with van der Waals surface area (Å²) in [6, 6.07) is 19.5. The molecule has 2 aliphatic heterocycles. The Morgan fingerprint density at radius 2 is 1.64 bits per heavy atom. The summed E-state index contributed by atoms with van der Waals surface area (Å²) in [5.74, 6) is -4.23. The Balaban J connectivity index is 1.38. The van der Waals surface area contributed by atoms with Crippen LogP contribution >= 0.6 is 0 Å². The van der Waals surface area contributed by atoms with Crippen LogP contribution in [0.4, 0.5) is 20.2 Å². The molecule has 2 heterocycles. The second kappa shape index (κ2) is 12.5. The number of carbonyl (C=O) groups excluding carboxylic acids is 3. The predicted molar refractivity (Wildman–Crippen MR) is 155 cm³/mol. The number of para-hydroxylation sites is 2. The quantitative estimate of drug-likeness (QED) is 0.405. The van der Waals surface area contributed by atoms with E-state index in [0.717, 1.165) is 6.08 Å². The minimum absolute atomic E-state index is 0.131. The molecule has 0 bridgehead atoms. The number of hydrogen-bond donors (Lipinski definition) is 1. The number of rotatable bonds is 6. The first-order valence-corrected chi connectivity index (χ1v) is 13.8. The zero-order valence-electron chi connectivity index (χ0n) is 23.1. The van der Waals surface area contributed by atoms with E-state index in [0.29, 0.717) is 55.6 Å². The summed E-state index contributed by atoms with van der Waals surface area (Å²) in [5.41, 5.74) is 1.11. The molecule has 0 aromatic heterocycles. The molecule has 10 heteroatoms. The van der Waals surface area contributed by atoms with Gasteiger partial charge >= 0.3 is 0 Å². The third-order valence-electron chi connectivity index (χ3n) is 7.19. The molecule has 3 aromatic rings. The average Bonchev–Trinajstić information content (AvgIpc) is 3.11. The van der Waals surface area contributed by atoms with Gasteiger partial charge in [0.1, 0.15) is 5.75 Å². The molecule has 1 fully saturated rings. The number of halogens is 2. The van der Waals surface area contributed by atoms with Gasteiger partial charge in [-0.3, -0.25) is 14.4 Å². The molecule has 1 N–H and O–H groups in total. The Bertz CT molecular complexity index is 1500. The third-order valence-corrected chi connectivity index (χ3v) is 7.19. The van der Waals surface area contributed by atoms with Gasteiger partial charge in [0.2, 0.25) is 5.91 Å². The van der Waals surface area contributed by atoms with Gasteiger partial charge in [-0.2, -0.15) is 0 Å². The summed E-state index contributed by atoms with van der Waals surface area (Å²) in [6.45, 7) is 3.36. The standard InChI is InChI=1S/C32H31F2N3O5/c1-2-42-28-10-6-4-8-25(28)30(39)35-23-13-11-22(12-14-23)31(40)37-16-15-32(33,34)26(24-7-3-5-9-27(24)37)21-29(38)36-17-19-41-20-18-36/h3-14,21H,2,15-20H2,1H3,(H,35,39)/b26-21-. The van der Waals surface area contributed by atoms with E-state index in [1.165, 1.54) is 28.0 Å². The number of ether oxygens (including phenoxy) is 2. The van der Waals surface area contributed by atoms with E-state index in [4.69, 9.17) is 9.47 Å². The van der Waals surface area contributed by atoms with Gasteiger partial charge in [-0.05, 0) is 49.4 Å². The highest BCUT2D eigenvalue weighted by Gasteiger charge is 2.41. The van der Waals surface area contributed by atoms with E-state index in [9.17, 15) is 14.4 Å². The molecular formula is C32H31F2N3O5. The fourth-order valence-corrected chi connectivity index (χ4v) is 5.02. The predicted octanol–water partition coefficient (Wildman–Crippen LogP) is 5.27. The second-order valence-electron chi connectivity index (χ2n) is 9.88. The minimum atomic E-state index is -3.33. The minimum Gasteiger partial charge on any atom is -0.493 e. The number of nitrogens with one attached hydrogen (secondary N) is 1. The van der Waals surface area contributed by atoms with Crippen molar-refractivity contribution >= 4 is 34.7 Å². The number of morpholine rings is 1. The number of fused-ring (bicyclic) bond motifs is 1. The summed E-state index contributed by atoms with van der Waals surface area (Å²) >= 11 is 0. The molecule has 218 valence electrons. The summed E-state index contributed by atoms with van der Waals surface area (Å²) in [6.07, 6.45) is 0.350. The summed E-state index contributed by atoms with van der Waals surface area (Å²) in [4.78, 5) is 42.2. The second-order valence-corrected chi connectivity index (χ2v) is 9.88. The molecule has 0 unspecified atom stereocenters. The Kier molecular flexibility index (Phi) is 8.63. The fraction of sp³-hybridized carbons (Fsp3) is 0.281. The fourth-order valence-electron chi connectivity index (χ4n) is 5.02. The van der Waals surface area contributed by atoms with Crippen LogP contribution in [0.1, 0.15) is 39.6 Å². The number of alkyl halides is 2. The maximum atomic E-state index is 15.5. The monoisotopic (exact) mass is 575 g/mol. The lowest BCUT2D eigenvalue weighted by molar-refractivity contribution is -0.130. The van der Waals surface area contributed by atoms with Crippen molar-refractivity contribution in [1.29, 1.82) is 0 Å². The smallest absolute Gasteiger partial charge is 0.275 e. The van der Waals surface area contributed by atoms with Crippen molar-refractivity contribution in [2.45, 2.75) is 19.3 Å². The van der Waals surface area contributed by atoms with Crippen LogP contribution in [0.25, 0.3) is 5.57 Å². The summed E-state index contributed by atoms with van der Waals surface area (Å²) in [7, 11) is 0. The van der Waals surface area contributed by atoms with Crippen molar-refractivity contribution < 1.29 is 32.6 Å². The first kappa shape index (κ1) is 28.9. The zero-order valence-corrected chi connectivity index (χ0v) is 23.1. The SMILES string of the molecule is CCOc1ccccc1C(=O)Nc1ccc(C(=O)N2CCC(F)(F)/C(=C\C(=O)N3CCOCC3)c3ccccc32)cc1. The molecule has 2 aliphatic rings. The van der Waals surface area contributed by atoms with Crippen molar-refractivity contribution in [2.24, 2.45) is 0 Å². The van der Waals surface area contributed by atoms with Gasteiger partial charge in [-0.15, -0.1) is 0 Å². The summed E-state index contributed by atoms with van der Waals surface area (Å²) < 4.78 is 41.8. The zero-order chi connectivity index (χ0) is 29.7. The highest BCUT2D eigenvalue weighted by molar-refractivity contribution is 6.10. The van der Waals surface area contributed by atoms with Crippen LogP contribution in [-0.4, -0.2) is 68.0 Å². The van der Waals surface area contributed by atoms with Crippen LogP contribution in [0.2, 0.25) is 0 Å². The van der Waals surface area contributed by atoms with E-state index in [-0.39, 0.29) is 23.6 Å². The Hall–Kier alpha value is -4.57. The van der Waals surface area contributed by atoms with Crippen LogP contribution in [0.3, 0.4) is 0 Å². The molecular weight excluding hydrogens is 544 g/mol. The van der Waals surface area contributed by atoms with Crippen LogP contribution < -0.4 is 15.0 Å². The van der Waals surface area contributed by atoms with Crippen molar-refractivity contribution in [1.82, 2.24) is 4.90 Å². The van der Waals surface area contributed by atoms with E-state index in [1.54, 1.807) is 54.6 Å². The van der Waals surface area contributed by atoms with E-state index in [1.807, 2.05) is 6.92 Å². The molecule has 0 radical (unpaired) electrons. The number of carbonyl (C=O) groups is 3. The van der Waals surface area contributed by atoms with Crippen LogP contribution in [0.15, 0.2) is 78.9 Å². The maximum Gasteiger partial charge on any atom is 0.275 e. The number of hydrogen-bond acceptors (Lipinski definition) is 5. The number of benzene rings is 3. The number of anilines is 2. The number of amides is 3. The number of allylic oxidation sites excluding steroid dienone is 1. The Labute approximate surface area is 242 Å². The van der Waals surface area contributed by atoms with Gasteiger partial charge in [0.25, 0.3) is 17.7 Å². The van der Waals surface area contributed by atoms with Gasteiger partial charge < -0.3 is 24.6 Å². The average molecular weight is 576 g/mol. The Morgan fingerprint density at radius 3 is 2.38 bits per heavy atom. The molecule has 3 amide bonds. The largest absolute Gasteiger partial charge is 0.493 e. The van der Waals surface area contributed by atoms with E-state index >= 15 is 8.78 Å². The maximum absolute atomic E-state index is 15.5. The van der Waals surface area contributed by atoms with Gasteiger partial charge in [0.15, 0.2) is 0 Å². The van der Waals surface area contributed by atoms with Crippen molar-refractivity contribution in [3.63, 3.8) is 0 Å². The van der Waals surface area contributed by atoms with Crippen molar-refractivity contribution in [2.75, 3.05) is 49.7 Å². The van der Waals surface area contributed by atoms with Crippen LogP contribution in [0.5, 0.6) is 5.75 Å². The highest BCUT2D eigenvalue weighted by atomic mass is 19.3. The normalized spacial score (nSPS) is 17.3. The van der Waals surface area contributed by atoms with Gasteiger partial charge in [-0.25, -0.2) is 8.78 Å². The molecule has 42 heavy (non-hydrogen) atoms. The first-order valence-electron chi connectivity index (χ1n) is 13.8. The molecule has 0 atom stereocenters. The molecule has 0 spiro atoms. The van der Waals surface area contributed by atoms with Crippen molar-refractivity contribution in [3.8, 4) is 5.75 Å². The third kappa shape index (κ3) is 6.18. The molecule has 3 aromatic carbocycles. The number of nitrogens with zero attached hydrogens (tertiary/aromatic N) is 2. The summed E-state index contributed by atoms with van der Waals surface area (Å²) in [5, 5.41) is 2.80. The molecule has 0 saturated carbocycles. The van der Waals surface area contributed by atoms with Gasteiger partial charge in [-0.1, -0.05) is 30.3 Å². The molecule has 5 rings (SSSR count).